The van der Waals surface area contributed by atoms with Crippen LogP contribution < -0.4 is 5.32 Å². The molecule has 0 unspecified atom stereocenters. The highest BCUT2D eigenvalue weighted by molar-refractivity contribution is 7.16. The fourth-order valence-corrected chi connectivity index (χ4v) is 2.27. The van der Waals surface area contributed by atoms with Crippen molar-refractivity contribution < 1.29 is 9.53 Å². The van der Waals surface area contributed by atoms with E-state index in [-0.39, 0.29) is 0 Å². The summed E-state index contributed by atoms with van der Waals surface area (Å²) in [6.45, 7) is 7.35. The molecule has 0 radical (unpaired) electrons. The molecule has 6 heteroatoms. The van der Waals surface area contributed by atoms with Crippen molar-refractivity contribution in [2.75, 3.05) is 5.32 Å². The van der Waals surface area contributed by atoms with Crippen LogP contribution >= 0.6 is 11.3 Å². The van der Waals surface area contributed by atoms with Gasteiger partial charge in [-0.2, -0.15) is 5.10 Å². The van der Waals surface area contributed by atoms with Gasteiger partial charge in [-0.05, 0) is 27.7 Å². The number of hydrogen-bond donors (Lipinski definition) is 1. The number of anilines is 1. The average molecular weight is 253 g/mol. The van der Waals surface area contributed by atoms with E-state index in [2.05, 4.69) is 10.4 Å². The first kappa shape index (κ1) is 11.9. The fourth-order valence-electron chi connectivity index (χ4n) is 1.44. The topological polar surface area (TPSA) is 55.6 Å². The van der Waals surface area contributed by atoms with E-state index in [1.807, 2.05) is 39.3 Å². The zero-order chi connectivity index (χ0) is 12.6. The number of rotatable bonds is 1. The number of thiazole rings is 1. The van der Waals surface area contributed by atoms with Crippen molar-refractivity contribution >= 4 is 27.9 Å². The van der Waals surface area contributed by atoms with E-state index in [4.69, 9.17) is 4.74 Å². The average Bonchev–Trinajstić information content (AvgIpc) is 2.67. The summed E-state index contributed by atoms with van der Waals surface area (Å²) in [7, 11) is 0. The molecule has 2 aromatic heterocycles. The molecule has 92 valence electrons. The van der Waals surface area contributed by atoms with E-state index in [1.54, 1.807) is 4.52 Å². The summed E-state index contributed by atoms with van der Waals surface area (Å²) in [6, 6.07) is 0. The van der Waals surface area contributed by atoms with Crippen molar-refractivity contribution in [3.63, 3.8) is 0 Å². The van der Waals surface area contributed by atoms with Crippen molar-refractivity contribution in [3.05, 3.63) is 17.3 Å². The van der Waals surface area contributed by atoms with Gasteiger partial charge in [-0.1, -0.05) is 0 Å². The van der Waals surface area contributed by atoms with Gasteiger partial charge in [0.2, 0.25) is 0 Å². The Morgan fingerprint density at radius 2 is 2.24 bits per heavy atom. The Bertz CT molecular complexity index is 551. The minimum atomic E-state index is -0.500. The second-order valence-corrected chi connectivity index (χ2v) is 5.63. The van der Waals surface area contributed by atoms with Gasteiger partial charge in [0, 0.05) is 11.6 Å². The third-order valence-electron chi connectivity index (χ3n) is 2.05. The van der Waals surface area contributed by atoms with Gasteiger partial charge in [-0.25, -0.2) is 9.31 Å². The second kappa shape index (κ2) is 4.03. The van der Waals surface area contributed by atoms with Gasteiger partial charge in [0.05, 0.1) is 5.69 Å². The van der Waals surface area contributed by atoms with Gasteiger partial charge in [0.25, 0.3) is 0 Å². The maximum absolute atomic E-state index is 11.7. The van der Waals surface area contributed by atoms with Crippen molar-refractivity contribution in [1.82, 2.24) is 9.61 Å². The third kappa shape index (κ3) is 2.58. The lowest BCUT2D eigenvalue weighted by Crippen LogP contribution is -2.27. The molecule has 1 N–H and O–H groups in total. The summed E-state index contributed by atoms with van der Waals surface area (Å²) in [4.78, 5) is 12.6. The molecule has 0 aliphatic heterocycles. The van der Waals surface area contributed by atoms with E-state index in [9.17, 15) is 4.79 Å². The molecule has 0 saturated carbocycles. The second-order valence-electron chi connectivity index (χ2n) is 4.74. The number of hydrogen-bond acceptors (Lipinski definition) is 4. The molecule has 2 heterocycles. The number of nitrogens with zero attached hydrogens (tertiary/aromatic N) is 2. The maximum atomic E-state index is 11.7. The Balaban J connectivity index is 2.20. The van der Waals surface area contributed by atoms with Gasteiger partial charge >= 0.3 is 6.09 Å². The van der Waals surface area contributed by atoms with Crippen LogP contribution in [0.1, 0.15) is 26.5 Å². The van der Waals surface area contributed by atoms with Crippen molar-refractivity contribution in [3.8, 4) is 0 Å². The quantitative estimate of drug-likeness (QED) is 0.849. The number of nitrogens with one attached hydrogen (secondary N) is 1. The largest absolute Gasteiger partial charge is 0.444 e. The summed E-state index contributed by atoms with van der Waals surface area (Å²) in [6.07, 6.45) is 1.40. The first-order valence-electron chi connectivity index (χ1n) is 5.29. The first-order valence-corrected chi connectivity index (χ1v) is 6.17. The van der Waals surface area contributed by atoms with Crippen LogP contribution in [0.25, 0.3) is 4.83 Å². The molecule has 0 bridgehead atoms. The highest BCUT2D eigenvalue weighted by Crippen LogP contribution is 2.26. The van der Waals surface area contributed by atoms with Crippen molar-refractivity contribution in [1.29, 1.82) is 0 Å². The van der Waals surface area contributed by atoms with Gasteiger partial charge in [0.1, 0.15) is 16.1 Å². The Hall–Kier alpha value is -1.56. The van der Waals surface area contributed by atoms with Crippen LogP contribution in [0.15, 0.2) is 11.6 Å². The number of amides is 1. The van der Waals surface area contributed by atoms with Crippen LogP contribution in [0.4, 0.5) is 10.5 Å². The third-order valence-corrected chi connectivity index (χ3v) is 2.92. The summed E-state index contributed by atoms with van der Waals surface area (Å²) in [5.41, 5.74) is 0.997. The Morgan fingerprint density at radius 3 is 2.88 bits per heavy atom. The molecule has 0 saturated heterocycles. The molecule has 0 fully saturated rings. The monoisotopic (exact) mass is 253 g/mol. The zero-order valence-corrected chi connectivity index (χ0v) is 11.1. The van der Waals surface area contributed by atoms with Crippen LogP contribution in [0.2, 0.25) is 0 Å². The van der Waals surface area contributed by atoms with Crippen molar-refractivity contribution in [2.45, 2.75) is 33.3 Å². The minimum Gasteiger partial charge on any atom is -0.444 e. The molecular weight excluding hydrogens is 238 g/mol. The molecule has 0 atom stereocenters. The van der Waals surface area contributed by atoms with E-state index < -0.39 is 11.7 Å². The van der Waals surface area contributed by atoms with Crippen LogP contribution in [-0.2, 0) is 4.74 Å². The highest BCUT2D eigenvalue weighted by Gasteiger charge is 2.19. The summed E-state index contributed by atoms with van der Waals surface area (Å²) in [5.74, 6) is 0. The first-order chi connectivity index (χ1) is 7.87. The maximum Gasteiger partial charge on any atom is 0.412 e. The van der Waals surface area contributed by atoms with E-state index in [0.717, 1.165) is 10.5 Å². The Kier molecular flexibility index (Phi) is 2.82. The van der Waals surface area contributed by atoms with Crippen LogP contribution in [-0.4, -0.2) is 21.3 Å². The fraction of sp³-hybridized carbons (Fsp3) is 0.455. The van der Waals surface area contributed by atoms with Crippen LogP contribution in [0.5, 0.6) is 0 Å². The number of carbonyl (C=O) groups excluding carboxylic acids is 1. The van der Waals surface area contributed by atoms with Gasteiger partial charge in [-0.3, -0.25) is 5.32 Å². The Morgan fingerprint density at radius 1 is 1.53 bits per heavy atom. The summed E-state index contributed by atoms with van der Waals surface area (Å²) >= 11 is 1.52. The van der Waals surface area contributed by atoms with Crippen molar-refractivity contribution in [2.24, 2.45) is 0 Å². The molecule has 5 nitrogen and oxygen atoms in total. The molecule has 1 amide bonds. The zero-order valence-electron chi connectivity index (χ0n) is 10.3. The van der Waals surface area contributed by atoms with Gasteiger partial charge < -0.3 is 4.74 Å². The molecule has 0 aromatic carbocycles. The predicted molar refractivity (Wildman–Crippen MR) is 67.7 cm³/mol. The minimum absolute atomic E-state index is 0.455. The molecule has 0 spiro atoms. The number of ether oxygens (including phenoxy) is 1. The van der Waals surface area contributed by atoms with E-state index in [1.165, 1.54) is 11.3 Å². The SMILES string of the molecule is Cc1nn2ccsc2c1NC(=O)OC(C)(C)C. The lowest BCUT2D eigenvalue weighted by Gasteiger charge is -2.19. The number of aryl methyl sites for hydroxylation is 1. The number of carbonyl (C=O) groups is 1. The smallest absolute Gasteiger partial charge is 0.412 e. The molecule has 17 heavy (non-hydrogen) atoms. The lowest BCUT2D eigenvalue weighted by molar-refractivity contribution is 0.0636. The molecule has 2 aromatic rings. The van der Waals surface area contributed by atoms with E-state index >= 15 is 0 Å². The van der Waals surface area contributed by atoms with Gasteiger partial charge in [-0.15, -0.1) is 11.3 Å². The summed E-state index contributed by atoms with van der Waals surface area (Å²) < 4.78 is 6.95. The van der Waals surface area contributed by atoms with Gasteiger partial charge in [0.15, 0.2) is 0 Å². The van der Waals surface area contributed by atoms with Crippen LogP contribution in [0.3, 0.4) is 0 Å². The Labute approximate surface area is 103 Å². The molecule has 0 aliphatic carbocycles. The standard InChI is InChI=1S/C11H15N3O2S/c1-7-8(9-14(13-7)5-6-17-9)12-10(15)16-11(2,3)4/h5-6H,1-4H3,(H,12,15). The molecule has 2 rings (SSSR count). The number of aromatic nitrogens is 2. The summed E-state index contributed by atoms with van der Waals surface area (Å²) in [5, 5.41) is 8.94. The van der Waals surface area contributed by atoms with Crippen LogP contribution in [0, 0.1) is 6.92 Å². The number of fused-ring (bicyclic) bond motifs is 1. The molecular formula is C11H15N3O2S. The molecule has 0 aliphatic rings. The highest BCUT2D eigenvalue weighted by atomic mass is 32.1. The normalized spacial score (nSPS) is 11.8. The lowest BCUT2D eigenvalue weighted by atomic mass is 10.2. The van der Waals surface area contributed by atoms with E-state index in [0.29, 0.717) is 5.69 Å². The predicted octanol–water partition coefficient (Wildman–Crippen LogP) is 3.05.